The van der Waals surface area contributed by atoms with Gasteiger partial charge in [0.25, 0.3) is 0 Å². The largest absolute Gasteiger partial charge is 0.496 e. The lowest BCUT2D eigenvalue weighted by atomic mass is 9.94. The van der Waals surface area contributed by atoms with Crippen LogP contribution in [0.3, 0.4) is 0 Å². The van der Waals surface area contributed by atoms with E-state index < -0.39 is 0 Å². The van der Waals surface area contributed by atoms with E-state index in [4.69, 9.17) is 9.47 Å². The first-order valence-electron chi connectivity index (χ1n) is 8.96. The summed E-state index contributed by atoms with van der Waals surface area (Å²) in [5.74, 6) is 0.339. The molecule has 0 radical (unpaired) electrons. The molecule has 144 valence electrons. The molecule has 1 heterocycles. The second-order valence-electron chi connectivity index (χ2n) is 6.34. The molecule has 0 aliphatic heterocycles. The minimum Gasteiger partial charge on any atom is -0.496 e. The predicted octanol–water partition coefficient (Wildman–Crippen LogP) is 3.68. The smallest absolute Gasteiger partial charge is 0.310 e. The van der Waals surface area contributed by atoms with Gasteiger partial charge in [0, 0.05) is 29.9 Å². The van der Waals surface area contributed by atoms with Gasteiger partial charge in [-0.3, -0.25) is 14.3 Å². The van der Waals surface area contributed by atoms with E-state index in [1.54, 1.807) is 31.0 Å². The van der Waals surface area contributed by atoms with Gasteiger partial charge in [-0.05, 0) is 41.8 Å². The van der Waals surface area contributed by atoms with Crippen molar-refractivity contribution >= 4 is 12.3 Å². The quantitative estimate of drug-likeness (QED) is 0.463. The molecule has 2 aromatic carbocycles. The minimum absolute atomic E-state index is 0.162. The Morgan fingerprint density at radius 2 is 1.96 bits per heavy atom. The highest BCUT2D eigenvalue weighted by molar-refractivity contribution is 5.92. The lowest BCUT2D eigenvalue weighted by molar-refractivity contribution is -0.142. The lowest BCUT2D eigenvalue weighted by Gasteiger charge is -2.13. The van der Waals surface area contributed by atoms with Gasteiger partial charge in [-0.15, -0.1) is 0 Å². The molecule has 0 bridgehead atoms. The summed E-state index contributed by atoms with van der Waals surface area (Å²) in [6, 6.07) is 11.1. The maximum atomic E-state index is 11.8. The Hall–Kier alpha value is -3.41. The van der Waals surface area contributed by atoms with Gasteiger partial charge in [-0.25, -0.2) is 0 Å². The first-order valence-corrected chi connectivity index (χ1v) is 8.96. The first kappa shape index (κ1) is 19.4. The Morgan fingerprint density at radius 1 is 1.14 bits per heavy atom. The highest BCUT2D eigenvalue weighted by atomic mass is 16.5. The van der Waals surface area contributed by atoms with Crippen molar-refractivity contribution in [3.8, 4) is 28.0 Å². The number of benzene rings is 2. The van der Waals surface area contributed by atoms with E-state index in [1.807, 2.05) is 43.6 Å². The maximum Gasteiger partial charge on any atom is 0.310 e. The van der Waals surface area contributed by atoms with Crippen molar-refractivity contribution in [1.29, 1.82) is 0 Å². The fraction of sp³-hybridized carbons (Fsp3) is 0.227. The molecular weight excluding hydrogens is 356 g/mol. The number of aryl methyl sites for hydroxylation is 1. The van der Waals surface area contributed by atoms with Crippen LogP contribution in [0.5, 0.6) is 5.75 Å². The normalized spacial score (nSPS) is 10.5. The van der Waals surface area contributed by atoms with Crippen molar-refractivity contribution in [2.45, 2.75) is 13.3 Å². The second-order valence-corrected chi connectivity index (χ2v) is 6.34. The van der Waals surface area contributed by atoms with Gasteiger partial charge in [0.2, 0.25) is 0 Å². The topological polar surface area (TPSA) is 70.4 Å². The van der Waals surface area contributed by atoms with E-state index in [0.29, 0.717) is 17.9 Å². The molecular formula is C22H22N2O4. The van der Waals surface area contributed by atoms with Crippen LogP contribution in [0.15, 0.2) is 48.8 Å². The summed E-state index contributed by atoms with van der Waals surface area (Å²) < 4.78 is 12.2. The number of hydrogen-bond acceptors (Lipinski definition) is 5. The average molecular weight is 378 g/mol. The van der Waals surface area contributed by atoms with E-state index >= 15 is 0 Å². The summed E-state index contributed by atoms with van der Waals surface area (Å²) in [6.07, 6.45) is 4.63. The number of rotatable bonds is 7. The molecule has 0 saturated carbocycles. The Kier molecular flexibility index (Phi) is 5.89. The summed E-state index contributed by atoms with van der Waals surface area (Å²) in [5, 5.41) is 4.18. The SMILES string of the molecule is CCOC(=O)Cc1ccc(OC)c(-c2ccc(-c3cnn(C)c3)cc2C=O)c1. The number of esters is 1. The fourth-order valence-corrected chi connectivity index (χ4v) is 3.11. The molecule has 3 rings (SSSR count). The van der Waals surface area contributed by atoms with Crippen LogP contribution in [0.25, 0.3) is 22.3 Å². The van der Waals surface area contributed by atoms with Gasteiger partial charge in [0.15, 0.2) is 6.29 Å². The van der Waals surface area contributed by atoms with Crippen molar-refractivity contribution in [1.82, 2.24) is 9.78 Å². The second kappa shape index (κ2) is 8.52. The Bertz CT molecular complexity index is 1010. The van der Waals surface area contributed by atoms with E-state index in [-0.39, 0.29) is 12.4 Å². The van der Waals surface area contributed by atoms with Crippen LogP contribution < -0.4 is 4.74 Å². The third-order valence-corrected chi connectivity index (χ3v) is 4.42. The zero-order chi connectivity index (χ0) is 20.1. The molecule has 0 atom stereocenters. The summed E-state index contributed by atoms with van der Waals surface area (Å²) >= 11 is 0. The lowest BCUT2D eigenvalue weighted by Crippen LogP contribution is -2.07. The third-order valence-electron chi connectivity index (χ3n) is 4.42. The number of ether oxygens (including phenoxy) is 2. The van der Waals surface area contributed by atoms with Crippen LogP contribution in [-0.4, -0.2) is 35.8 Å². The van der Waals surface area contributed by atoms with Gasteiger partial charge >= 0.3 is 5.97 Å². The van der Waals surface area contributed by atoms with E-state index in [0.717, 1.165) is 34.1 Å². The average Bonchev–Trinajstić information content (AvgIpc) is 3.14. The number of methoxy groups -OCH3 is 1. The number of aldehydes is 1. The third kappa shape index (κ3) is 4.11. The highest BCUT2D eigenvalue weighted by Crippen LogP contribution is 2.35. The van der Waals surface area contributed by atoms with Crippen molar-refractivity contribution < 1.29 is 19.1 Å². The zero-order valence-electron chi connectivity index (χ0n) is 16.1. The van der Waals surface area contributed by atoms with Crippen molar-refractivity contribution in [2.24, 2.45) is 7.05 Å². The number of hydrogen-bond donors (Lipinski definition) is 0. The molecule has 0 amide bonds. The molecule has 1 aromatic heterocycles. The van der Waals surface area contributed by atoms with E-state index in [2.05, 4.69) is 5.10 Å². The Balaban J connectivity index is 2.03. The summed E-state index contributed by atoms with van der Waals surface area (Å²) in [4.78, 5) is 23.6. The van der Waals surface area contributed by atoms with Crippen LogP contribution in [0, 0.1) is 0 Å². The van der Waals surface area contributed by atoms with E-state index in [1.165, 1.54) is 0 Å². The van der Waals surface area contributed by atoms with Crippen LogP contribution >= 0.6 is 0 Å². The Labute approximate surface area is 163 Å². The highest BCUT2D eigenvalue weighted by Gasteiger charge is 2.14. The van der Waals surface area contributed by atoms with Gasteiger partial charge in [0.1, 0.15) is 5.75 Å². The minimum atomic E-state index is -0.291. The summed E-state index contributed by atoms with van der Waals surface area (Å²) in [7, 11) is 3.42. The molecule has 0 spiro atoms. The monoisotopic (exact) mass is 378 g/mol. The van der Waals surface area contributed by atoms with Crippen LogP contribution in [0.2, 0.25) is 0 Å². The molecule has 3 aromatic rings. The van der Waals surface area contributed by atoms with Crippen molar-refractivity contribution in [3.05, 3.63) is 59.9 Å². The molecule has 28 heavy (non-hydrogen) atoms. The molecule has 0 unspecified atom stereocenters. The molecule has 0 aliphatic carbocycles. The van der Waals surface area contributed by atoms with Crippen LogP contribution in [-0.2, 0) is 23.0 Å². The molecule has 0 N–H and O–H groups in total. The van der Waals surface area contributed by atoms with Crippen LogP contribution in [0.1, 0.15) is 22.8 Å². The fourth-order valence-electron chi connectivity index (χ4n) is 3.11. The number of nitrogens with zero attached hydrogens (tertiary/aromatic N) is 2. The van der Waals surface area contributed by atoms with Crippen molar-refractivity contribution in [2.75, 3.05) is 13.7 Å². The molecule has 0 saturated heterocycles. The number of carbonyl (C=O) groups excluding carboxylic acids is 2. The predicted molar refractivity (Wildman–Crippen MR) is 106 cm³/mol. The zero-order valence-corrected chi connectivity index (χ0v) is 16.1. The van der Waals surface area contributed by atoms with Crippen molar-refractivity contribution in [3.63, 3.8) is 0 Å². The van der Waals surface area contributed by atoms with Gasteiger partial charge < -0.3 is 9.47 Å². The standard InChI is InChI=1S/C22H22N2O4/c1-4-28-22(26)10-15-5-8-21(27-3)20(9-15)19-7-6-16(11-17(19)14-25)18-12-23-24(2)13-18/h5-9,11-14H,4,10H2,1-3H3. The van der Waals surface area contributed by atoms with Gasteiger partial charge in [0.05, 0.1) is 26.3 Å². The first-order chi connectivity index (χ1) is 13.5. The molecule has 0 aliphatic rings. The number of aromatic nitrogens is 2. The molecule has 6 heteroatoms. The molecule has 0 fully saturated rings. The Morgan fingerprint density at radius 3 is 2.61 bits per heavy atom. The van der Waals surface area contributed by atoms with Gasteiger partial charge in [-0.2, -0.15) is 5.10 Å². The maximum absolute atomic E-state index is 11.8. The summed E-state index contributed by atoms with van der Waals surface area (Å²) in [5.41, 5.74) is 4.66. The van der Waals surface area contributed by atoms with E-state index in [9.17, 15) is 9.59 Å². The van der Waals surface area contributed by atoms with Gasteiger partial charge in [-0.1, -0.05) is 18.2 Å². The summed E-state index contributed by atoms with van der Waals surface area (Å²) in [6.45, 7) is 2.12. The van der Waals surface area contributed by atoms with Crippen LogP contribution in [0.4, 0.5) is 0 Å². The molecule has 6 nitrogen and oxygen atoms in total. The number of carbonyl (C=O) groups is 2.